The summed E-state index contributed by atoms with van der Waals surface area (Å²) in [4.78, 5) is 39.8. The van der Waals surface area contributed by atoms with Crippen LogP contribution in [0.5, 0.6) is 0 Å². The standard InChI is InChI=1S/C30H25FN2O3S/c1-3-21-5-4-6-25-23(17-32(28(21)25)16-20-9-13-24(31)14-10-20)15-27-29(35)33(30(36)37-27)18-26(34)22-11-7-19(2)8-12-22/h4-15,17H,3,16,18H2,1-2H3/b27-15-. The smallest absolute Gasteiger partial charge is 0.293 e. The third-order valence-corrected chi connectivity index (χ3v) is 7.40. The summed E-state index contributed by atoms with van der Waals surface area (Å²) in [7, 11) is 0. The third kappa shape index (κ3) is 5.00. The Bertz CT molecular complexity index is 1550. The lowest BCUT2D eigenvalue weighted by atomic mass is 10.1. The van der Waals surface area contributed by atoms with E-state index in [1.807, 2.05) is 37.4 Å². The van der Waals surface area contributed by atoms with E-state index in [0.717, 1.165) is 56.2 Å². The number of carbonyl (C=O) groups is 3. The number of aromatic nitrogens is 1. The first kappa shape index (κ1) is 24.7. The van der Waals surface area contributed by atoms with E-state index in [2.05, 4.69) is 17.6 Å². The molecule has 0 atom stereocenters. The molecule has 5 rings (SSSR count). The van der Waals surface area contributed by atoms with E-state index in [4.69, 9.17) is 0 Å². The highest BCUT2D eigenvalue weighted by Crippen LogP contribution is 2.35. The number of carbonyl (C=O) groups excluding carboxylic acids is 3. The van der Waals surface area contributed by atoms with Gasteiger partial charge in [0.2, 0.25) is 0 Å². The first-order valence-corrected chi connectivity index (χ1v) is 12.9. The van der Waals surface area contributed by atoms with Crippen LogP contribution in [0.15, 0.2) is 77.8 Å². The normalized spacial score (nSPS) is 14.8. The minimum absolute atomic E-state index is 0.282. The summed E-state index contributed by atoms with van der Waals surface area (Å²) in [6.07, 6.45) is 4.50. The average Bonchev–Trinajstić information content (AvgIpc) is 3.37. The molecule has 0 unspecified atom stereocenters. The van der Waals surface area contributed by atoms with Crippen LogP contribution < -0.4 is 0 Å². The molecule has 1 saturated heterocycles. The lowest BCUT2D eigenvalue weighted by Crippen LogP contribution is -2.33. The molecular weight excluding hydrogens is 487 g/mol. The monoisotopic (exact) mass is 512 g/mol. The number of amides is 2. The van der Waals surface area contributed by atoms with E-state index in [1.54, 1.807) is 30.3 Å². The van der Waals surface area contributed by atoms with E-state index in [1.165, 1.54) is 12.1 Å². The molecule has 0 radical (unpaired) electrons. The second kappa shape index (κ2) is 10.2. The fourth-order valence-electron chi connectivity index (χ4n) is 4.53. The van der Waals surface area contributed by atoms with E-state index in [0.29, 0.717) is 12.1 Å². The zero-order chi connectivity index (χ0) is 26.1. The van der Waals surface area contributed by atoms with Crippen molar-refractivity contribution < 1.29 is 18.8 Å². The molecule has 5 nitrogen and oxygen atoms in total. The van der Waals surface area contributed by atoms with E-state index >= 15 is 0 Å². The van der Waals surface area contributed by atoms with Crippen molar-refractivity contribution in [2.24, 2.45) is 0 Å². The fourth-order valence-corrected chi connectivity index (χ4v) is 5.36. The van der Waals surface area contributed by atoms with Gasteiger partial charge in [-0.25, -0.2) is 4.39 Å². The number of benzene rings is 3. The van der Waals surface area contributed by atoms with E-state index < -0.39 is 11.1 Å². The lowest BCUT2D eigenvalue weighted by Gasteiger charge is -2.11. The van der Waals surface area contributed by atoms with Gasteiger partial charge in [0, 0.05) is 29.3 Å². The van der Waals surface area contributed by atoms with Crippen molar-refractivity contribution in [3.63, 3.8) is 0 Å². The number of thioether (sulfide) groups is 1. The van der Waals surface area contributed by atoms with Gasteiger partial charge < -0.3 is 4.57 Å². The van der Waals surface area contributed by atoms with Gasteiger partial charge in [-0.3, -0.25) is 19.3 Å². The van der Waals surface area contributed by atoms with E-state index in [-0.39, 0.29) is 23.1 Å². The molecule has 7 heteroatoms. The molecule has 3 aromatic carbocycles. The summed E-state index contributed by atoms with van der Waals surface area (Å²) in [5, 5.41) is 0.505. The molecule has 2 heterocycles. The summed E-state index contributed by atoms with van der Waals surface area (Å²) < 4.78 is 15.5. The number of hydrogen-bond donors (Lipinski definition) is 0. The fraction of sp³-hybridized carbons (Fsp3) is 0.167. The second-order valence-electron chi connectivity index (χ2n) is 9.06. The predicted octanol–water partition coefficient (Wildman–Crippen LogP) is 6.62. The number of Topliss-reactive ketones (excluding diaryl/α,β-unsaturated/α-hetero) is 1. The Morgan fingerprint density at radius 2 is 1.73 bits per heavy atom. The van der Waals surface area contributed by atoms with Crippen molar-refractivity contribution in [2.75, 3.05) is 6.54 Å². The van der Waals surface area contributed by atoms with E-state index in [9.17, 15) is 18.8 Å². The predicted molar refractivity (Wildman–Crippen MR) is 145 cm³/mol. The van der Waals surface area contributed by atoms with Crippen LogP contribution in [0, 0.1) is 12.7 Å². The highest BCUT2D eigenvalue weighted by atomic mass is 32.2. The Labute approximate surface area is 218 Å². The van der Waals surface area contributed by atoms with Crippen LogP contribution in [-0.2, 0) is 17.8 Å². The largest absolute Gasteiger partial charge is 0.342 e. The van der Waals surface area contributed by atoms with Gasteiger partial charge in [0.1, 0.15) is 5.82 Å². The molecule has 0 bridgehead atoms. The maximum absolute atomic E-state index is 13.4. The molecule has 37 heavy (non-hydrogen) atoms. The quantitative estimate of drug-likeness (QED) is 0.206. The Morgan fingerprint density at radius 1 is 1.00 bits per heavy atom. The molecule has 1 fully saturated rings. The van der Waals surface area contributed by atoms with Gasteiger partial charge in [0.05, 0.1) is 17.0 Å². The lowest BCUT2D eigenvalue weighted by molar-refractivity contribution is -0.122. The number of para-hydroxylation sites is 1. The average molecular weight is 513 g/mol. The zero-order valence-electron chi connectivity index (χ0n) is 20.5. The second-order valence-corrected chi connectivity index (χ2v) is 10.1. The van der Waals surface area contributed by atoms with Gasteiger partial charge in [-0.05, 0) is 54.4 Å². The topological polar surface area (TPSA) is 59.4 Å². The number of imide groups is 1. The maximum Gasteiger partial charge on any atom is 0.293 e. The van der Waals surface area contributed by atoms with Crippen molar-refractivity contribution >= 4 is 45.7 Å². The summed E-state index contributed by atoms with van der Waals surface area (Å²) >= 11 is 0.845. The number of nitrogens with zero attached hydrogens (tertiary/aromatic N) is 2. The number of hydrogen-bond acceptors (Lipinski definition) is 4. The molecule has 0 spiro atoms. The molecular formula is C30H25FN2O3S. The number of rotatable bonds is 7. The van der Waals surface area contributed by atoms with Gasteiger partial charge in [-0.1, -0.05) is 67.1 Å². The van der Waals surface area contributed by atoms with Gasteiger partial charge >= 0.3 is 0 Å². The van der Waals surface area contributed by atoms with Gasteiger partial charge in [0.15, 0.2) is 5.78 Å². The van der Waals surface area contributed by atoms with Gasteiger partial charge in [0.25, 0.3) is 11.1 Å². The van der Waals surface area contributed by atoms with Crippen LogP contribution in [0.25, 0.3) is 17.0 Å². The molecule has 186 valence electrons. The first-order valence-electron chi connectivity index (χ1n) is 12.0. The molecule has 1 aliphatic rings. The SMILES string of the molecule is CCc1cccc2c(/C=C3\SC(=O)N(CC(=O)c4ccc(C)cc4)C3=O)cn(Cc3ccc(F)cc3)c12. The maximum atomic E-state index is 13.4. The summed E-state index contributed by atoms with van der Waals surface area (Å²) in [5.41, 5.74) is 5.43. The Kier molecular flexibility index (Phi) is 6.80. The highest BCUT2D eigenvalue weighted by Gasteiger charge is 2.36. The third-order valence-electron chi connectivity index (χ3n) is 6.50. The van der Waals surface area contributed by atoms with Crippen molar-refractivity contribution in [2.45, 2.75) is 26.8 Å². The minimum atomic E-state index is -0.471. The van der Waals surface area contributed by atoms with Crippen LogP contribution in [0.3, 0.4) is 0 Å². The minimum Gasteiger partial charge on any atom is -0.342 e. The summed E-state index contributed by atoms with van der Waals surface area (Å²) in [6.45, 7) is 4.25. The van der Waals surface area contributed by atoms with Crippen LogP contribution in [0.1, 0.15) is 39.5 Å². The van der Waals surface area contributed by atoms with Crippen LogP contribution >= 0.6 is 11.8 Å². The first-order chi connectivity index (χ1) is 17.8. The van der Waals surface area contributed by atoms with Crippen molar-refractivity contribution in [1.82, 2.24) is 9.47 Å². The molecule has 1 aromatic heterocycles. The van der Waals surface area contributed by atoms with Gasteiger partial charge in [-0.2, -0.15) is 0 Å². The number of ketones is 1. The highest BCUT2D eigenvalue weighted by molar-refractivity contribution is 8.18. The summed E-state index contributed by atoms with van der Waals surface area (Å²) in [6, 6.07) is 19.5. The van der Waals surface area contributed by atoms with Crippen molar-refractivity contribution in [3.05, 3.63) is 111 Å². The zero-order valence-corrected chi connectivity index (χ0v) is 21.3. The van der Waals surface area contributed by atoms with Gasteiger partial charge in [-0.15, -0.1) is 0 Å². The molecule has 0 N–H and O–H groups in total. The molecule has 1 aliphatic heterocycles. The number of halogens is 1. The molecule has 0 saturated carbocycles. The van der Waals surface area contributed by atoms with Crippen LogP contribution in [-0.4, -0.2) is 32.9 Å². The molecule has 0 aliphatic carbocycles. The Balaban J connectivity index is 1.46. The molecule has 2 amide bonds. The van der Waals surface area contributed by atoms with Crippen LogP contribution in [0.2, 0.25) is 0 Å². The Morgan fingerprint density at radius 3 is 2.43 bits per heavy atom. The number of fused-ring (bicyclic) bond motifs is 1. The van der Waals surface area contributed by atoms with Crippen molar-refractivity contribution in [3.8, 4) is 0 Å². The summed E-state index contributed by atoms with van der Waals surface area (Å²) in [5.74, 6) is -1.04. The molecule has 4 aromatic rings. The number of aryl methyl sites for hydroxylation is 2. The van der Waals surface area contributed by atoms with Crippen LogP contribution in [0.4, 0.5) is 9.18 Å². The van der Waals surface area contributed by atoms with Crippen molar-refractivity contribution in [1.29, 1.82) is 0 Å². The Hall–Kier alpha value is -3.97.